The standard InChI is InChI=1S/C17H26O4/c1-4-19-14-10-9-13(11-15(14)20-5-2)16(18)17(21-6-3)12-7-8-12/h9-12,16-18H,4-8H2,1-3H3. The van der Waals surface area contributed by atoms with Gasteiger partial charge in [0.2, 0.25) is 0 Å². The molecule has 2 rings (SSSR count). The molecule has 118 valence electrons. The van der Waals surface area contributed by atoms with Crippen molar-refractivity contribution in [1.82, 2.24) is 0 Å². The highest BCUT2D eigenvalue weighted by Gasteiger charge is 2.37. The molecule has 0 bridgehead atoms. The zero-order valence-corrected chi connectivity index (χ0v) is 13.2. The van der Waals surface area contributed by atoms with Crippen LogP contribution < -0.4 is 9.47 Å². The minimum absolute atomic E-state index is 0.123. The summed E-state index contributed by atoms with van der Waals surface area (Å²) in [6, 6.07) is 5.63. The highest BCUT2D eigenvalue weighted by atomic mass is 16.5. The lowest BCUT2D eigenvalue weighted by Crippen LogP contribution is -2.24. The van der Waals surface area contributed by atoms with Crippen molar-refractivity contribution < 1.29 is 19.3 Å². The third-order valence-corrected chi connectivity index (χ3v) is 3.67. The van der Waals surface area contributed by atoms with E-state index < -0.39 is 6.10 Å². The van der Waals surface area contributed by atoms with Gasteiger partial charge in [0, 0.05) is 6.61 Å². The minimum atomic E-state index is -0.618. The van der Waals surface area contributed by atoms with Crippen molar-refractivity contribution in [3.8, 4) is 11.5 Å². The summed E-state index contributed by atoms with van der Waals surface area (Å²) >= 11 is 0. The summed E-state index contributed by atoms with van der Waals surface area (Å²) in [6.07, 6.45) is 1.53. The second-order valence-electron chi connectivity index (χ2n) is 5.27. The van der Waals surface area contributed by atoms with Crippen LogP contribution in [0, 0.1) is 5.92 Å². The van der Waals surface area contributed by atoms with Gasteiger partial charge in [0.25, 0.3) is 0 Å². The maximum Gasteiger partial charge on any atom is 0.161 e. The molecule has 1 aliphatic rings. The first-order valence-corrected chi connectivity index (χ1v) is 7.90. The molecular formula is C17H26O4. The van der Waals surface area contributed by atoms with Gasteiger partial charge in [0.15, 0.2) is 11.5 Å². The number of benzene rings is 1. The molecule has 0 aliphatic heterocycles. The van der Waals surface area contributed by atoms with Gasteiger partial charge in [-0.15, -0.1) is 0 Å². The van der Waals surface area contributed by atoms with Gasteiger partial charge in [0.1, 0.15) is 6.10 Å². The third kappa shape index (κ3) is 4.11. The van der Waals surface area contributed by atoms with E-state index in [0.717, 1.165) is 24.2 Å². The molecule has 0 radical (unpaired) electrons. The third-order valence-electron chi connectivity index (χ3n) is 3.67. The average molecular weight is 294 g/mol. The lowest BCUT2D eigenvalue weighted by Gasteiger charge is -2.24. The van der Waals surface area contributed by atoms with Crippen LogP contribution >= 0.6 is 0 Å². The van der Waals surface area contributed by atoms with Gasteiger partial charge >= 0.3 is 0 Å². The molecule has 1 fully saturated rings. The van der Waals surface area contributed by atoms with Crippen molar-refractivity contribution in [3.05, 3.63) is 23.8 Å². The van der Waals surface area contributed by atoms with Gasteiger partial charge < -0.3 is 19.3 Å². The van der Waals surface area contributed by atoms with Gasteiger partial charge in [-0.05, 0) is 57.2 Å². The van der Waals surface area contributed by atoms with Crippen molar-refractivity contribution in [2.45, 2.75) is 45.8 Å². The molecular weight excluding hydrogens is 268 g/mol. The van der Waals surface area contributed by atoms with E-state index in [4.69, 9.17) is 14.2 Å². The Kier molecular flexibility index (Phi) is 5.88. The van der Waals surface area contributed by atoms with E-state index in [1.165, 1.54) is 0 Å². The Morgan fingerprint density at radius 1 is 1.05 bits per heavy atom. The smallest absolute Gasteiger partial charge is 0.161 e. The Morgan fingerprint density at radius 2 is 1.71 bits per heavy atom. The molecule has 0 aromatic heterocycles. The number of ether oxygens (including phenoxy) is 3. The maximum atomic E-state index is 10.6. The van der Waals surface area contributed by atoms with Crippen LogP contribution in [0.15, 0.2) is 18.2 Å². The molecule has 0 amide bonds. The van der Waals surface area contributed by atoms with E-state index in [2.05, 4.69) is 0 Å². The van der Waals surface area contributed by atoms with Gasteiger partial charge in [-0.25, -0.2) is 0 Å². The first-order chi connectivity index (χ1) is 10.2. The minimum Gasteiger partial charge on any atom is -0.490 e. The van der Waals surface area contributed by atoms with Crippen LogP contribution in [0.1, 0.15) is 45.3 Å². The van der Waals surface area contributed by atoms with Crippen molar-refractivity contribution >= 4 is 0 Å². The average Bonchev–Trinajstić information content (AvgIpc) is 3.31. The molecule has 0 spiro atoms. The number of hydrogen-bond donors (Lipinski definition) is 1. The lowest BCUT2D eigenvalue weighted by molar-refractivity contribution is -0.0462. The molecule has 1 aliphatic carbocycles. The number of aliphatic hydroxyl groups excluding tert-OH is 1. The first kappa shape index (κ1) is 16.1. The molecule has 0 heterocycles. The van der Waals surface area contributed by atoms with Crippen LogP contribution in [0.4, 0.5) is 0 Å². The second-order valence-corrected chi connectivity index (χ2v) is 5.27. The zero-order chi connectivity index (χ0) is 15.2. The summed E-state index contributed by atoms with van der Waals surface area (Å²) in [6.45, 7) is 7.62. The fourth-order valence-corrected chi connectivity index (χ4v) is 2.54. The molecule has 1 aromatic carbocycles. The Balaban J connectivity index is 2.19. The van der Waals surface area contributed by atoms with Gasteiger partial charge in [-0.3, -0.25) is 0 Å². The molecule has 2 atom stereocenters. The Hall–Kier alpha value is -1.26. The fourth-order valence-electron chi connectivity index (χ4n) is 2.54. The normalized spacial score (nSPS) is 17.3. The van der Waals surface area contributed by atoms with Gasteiger partial charge in [-0.1, -0.05) is 6.07 Å². The number of aliphatic hydroxyl groups is 1. The summed E-state index contributed by atoms with van der Waals surface area (Å²) in [4.78, 5) is 0. The fraction of sp³-hybridized carbons (Fsp3) is 0.647. The van der Waals surface area contributed by atoms with Crippen LogP contribution in [0.5, 0.6) is 11.5 Å². The summed E-state index contributed by atoms with van der Waals surface area (Å²) in [5, 5.41) is 10.6. The number of rotatable bonds is 9. The topological polar surface area (TPSA) is 47.9 Å². The largest absolute Gasteiger partial charge is 0.490 e. The van der Waals surface area contributed by atoms with Gasteiger partial charge in [0.05, 0.1) is 19.3 Å². The molecule has 4 nitrogen and oxygen atoms in total. The SMILES string of the molecule is CCOc1ccc(C(O)C(OCC)C2CC2)cc1OCC. The van der Waals surface area contributed by atoms with Crippen LogP contribution in [0.25, 0.3) is 0 Å². The van der Waals surface area contributed by atoms with Gasteiger partial charge in [-0.2, -0.15) is 0 Å². The summed E-state index contributed by atoms with van der Waals surface area (Å²) in [5.74, 6) is 1.87. The first-order valence-electron chi connectivity index (χ1n) is 7.90. The van der Waals surface area contributed by atoms with Crippen molar-refractivity contribution in [1.29, 1.82) is 0 Å². The van der Waals surface area contributed by atoms with Crippen LogP contribution in [0.2, 0.25) is 0 Å². The monoisotopic (exact) mass is 294 g/mol. The predicted molar refractivity (Wildman–Crippen MR) is 81.9 cm³/mol. The van der Waals surface area contributed by atoms with E-state index in [9.17, 15) is 5.11 Å². The van der Waals surface area contributed by atoms with Crippen LogP contribution in [-0.2, 0) is 4.74 Å². The molecule has 1 saturated carbocycles. The highest BCUT2D eigenvalue weighted by Crippen LogP contribution is 2.41. The summed E-state index contributed by atoms with van der Waals surface area (Å²) in [7, 11) is 0. The van der Waals surface area contributed by atoms with E-state index in [1.807, 2.05) is 39.0 Å². The highest BCUT2D eigenvalue weighted by molar-refractivity contribution is 5.44. The Labute approximate surface area is 127 Å². The molecule has 1 N–H and O–H groups in total. The van der Waals surface area contributed by atoms with Crippen LogP contribution in [0.3, 0.4) is 0 Å². The number of hydrogen-bond acceptors (Lipinski definition) is 4. The van der Waals surface area contributed by atoms with Crippen LogP contribution in [-0.4, -0.2) is 31.0 Å². The predicted octanol–water partition coefficient (Wildman–Crippen LogP) is 3.33. The zero-order valence-electron chi connectivity index (χ0n) is 13.2. The Bertz CT molecular complexity index is 442. The molecule has 0 saturated heterocycles. The maximum absolute atomic E-state index is 10.6. The lowest BCUT2D eigenvalue weighted by atomic mass is 10.0. The summed E-state index contributed by atoms with van der Waals surface area (Å²) < 4.78 is 16.9. The van der Waals surface area contributed by atoms with E-state index in [0.29, 0.717) is 31.5 Å². The van der Waals surface area contributed by atoms with Crippen molar-refractivity contribution in [3.63, 3.8) is 0 Å². The molecule has 21 heavy (non-hydrogen) atoms. The van der Waals surface area contributed by atoms with Crippen molar-refractivity contribution in [2.75, 3.05) is 19.8 Å². The van der Waals surface area contributed by atoms with E-state index >= 15 is 0 Å². The van der Waals surface area contributed by atoms with E-state index in [1.54, 1.807) is 0 Å². The molecule has 1 aromatic rings. The Morgan fingerprint density at radius 3 is 2.29 bits per heavy atom. The quantitative estimate of drug-likeness (QED) is 0.759. The second kappa shape index (κ2) is 7.66. The molecule has 2 unspecified atom stereocenters. The molecule has 4 heteroatoms. The van der Waals surface area contributed by atoms with E-state index in [-0.39, 0.29) is 6.10 Å². The van der Waals surface area contributed by atoms with Crippen molar-refractivity contribution in [2.24, 2.45) is 5.92 Å². The summed E-state index contributed by atoms with van der Waals surface area (Å²) in [5.41, 5.74) is 0.826.